The first-order valence-corrected chi connectivity index (χ1v) is 6.88. The average molecular weight is 245 g/mol. The molecule has 1 heterocycles. The molecule has 0 amide bonds. The Bertz CT molecular complexity index is 477. The van der Waals surface area contributed by atoms with E-state index in [-0.39, 0.29) is 0 Å². The number of anilines is 1. The molecule has 1 atom stereocenters. The van der Waals surface area contributed by atoms with Gasteiger partial charge in [0.05, 0.1) is 0 Å². The topological polar surface area (TPSA) is 12.0 Å². The lowest BCUT2D eigenvalue weighted by Crippen LogP contribution is -2.08. The average Bonchev–Trinajstić information content (AvgIpc) is 2.76. The Kier molecular flexibility index (Phi) is 3.53. The summed E-state index contributed by atoms with van der Waals surface area (Å²) in [5.41, 5.74) is 6.60. The molecule has 2 rings (SSSR count). The van der Waals surface area contributed by atoms with Crippen molar-refractivity contribution >= 4 is 17.0 Å². The molecule has 1 aromatic heterocycles. The van der Waals surface area contributed by atoms with Crippen LogP contribution in [0.15, 0.2) is 29.0 Å². The molecule has 0 bridgehead atoms. The zero-order chi connectivity index (χ0) is 12.4. The highest BCUT2D eigenvalue weighted by Crippen LogP contribution is 2.27. The Hall–Kier alpha value is -1.28. The van der Waals surface area contributed by atoms with Gasteiger partial charge in [0.2, 0.25) is 0 Å². The predicted molar refractivity (Wildman–Crippen MR) is 77.0 cm³/mol. The van der Waals surface area contributed by atoms with Gasteiger partial charge in [-0.25, -0.2) is 0 Å². The molecular weight excluding hydrogens is 226 g/mol. The zero-order valence-corrected chi connectivity index (χ0v) is 11.7. The molecule has 1 aromatic carbocycles. The summed E-state index contributed by atoms with van der Waals surface area (Å²) >= 11 is 1.75. The summed E-state index contributed by atoms with van der Waals surface area (Å²) in [6.07, 6.45) is 0. The maximum Gasteiger partial charge on any atom is 0.0494 e. The normalized spacial score (nSPS) is 12.5. The van der Waals surface area contributed by atoms with Crippen molar-refractivity contribution in [3.63, 3.8) is 0 Å². The molecule has 0 radical (unpaired) electrons. The van der Waals surface area contributed by atoms with E-state index in [0.717, 1.165) is 0 Å². The highest BCUT2D eigenvalue weighted by Gasteiger charge is 2.09. The van der Waals surface area contributed by atoms with E-state index in [4.69, 9.17) is 0 Å². The number of nitrogens with one attached hydrogen (secondary N) is 1. The van der Waals surface area contributed by atoms with Crippen LogP contribution in [-0.4, -0.2) is 0 Å². The summed E-state index contributed by atoms with van der Waals surface area (Å²) in [6, 6.07) is 7.01. The quantitative estimate of drug-likeness (QED) is 0.815. The SMILES string of the molecule is Cc1cc(C)c(NC(C)c2ccsc2)c(C)c1. The lowest BCUT2D eigenvalue weighted by Gasteiger charge is -2.19. The number of aryl methyl sites for hydroxylation is 3. The summed E-state index contributed by atoms with van der Waals surface area (Å²) in [5, 5.41) is 7.95. The molecule has 90 valence electrons. The van der Waals surface area contributed by atoms with Gasteiger partial charge in [-0.2, -0.15) is 11.3 Å². The van der Waals surface area contributed by atoms with Gasteiger partial charge in [0.25, 0.3) is 0 Å². The lowest BCUT2D eigenvalue weighted by atomic mass is 10.0. The third-order valence-corrected chi connectivity index (χ3v) is 3.78. The number of benzene rings is 1. The second kappa shape index (κ2) is 4.92. The fourth-order valence-corrected chi connectivity index (χ4v) is 2.98. The third kappa shape index (κ3) is 2.70. The molecule has 0 saturated heterocycles. The highest BCUT2D eigenvalue weighted by molar-refractivity contribution is 7.07. The smallest absolute Gasteiger partial charge is 0.0494 e. The first-order valence-electron chi connectivity index (χ1n) is 5.94. The number of hydrogen-bond acceptors (Lipinski definition) is 2. The number of rotatable bonds is 3. The van der Waals surface area contributed by atoms with E-state index in [1.54, 1.807) is 11.3 Å². The van der Waals surface area contributed by atoms with Crippen LogP contribution >= 0.6 is 11.3 Å². The van der Waals surface area contributed by atoms with Crippen molar-refractivity contribution in [1.29, 1.82) is 0 Å². The van der Waals surface area contributed by atoms with Gasteiger partial charge in [-0.1, -0.05) is 17.7 Å². The monoisotopic (exact) mass is 245 g/mol. The second-order valence-electron chi connectivity index (χ2n) is 4.70. The zero-order valence-electron chi connectivity index (χ0n) is 10.9. The van der Waals surface area contributed by atoms with E-state index in [2.05, 4.69) is 62.0 Å². The van der Waals surface area contributed by atoms with E-state index in [1.165, 1.54) is 27.9 Å². The van der Waals surface area contributed by atoms with Crippen LogP contribution in [0.5, 0.6) is 0 Å². The molecule has 17 heavy (non-hydrogen) atoms. The van der Waals surface area contributed by atoms with Gasteiger partial charge in [-0.15, -0.1) is 0 Å². The number of hydrogen-bond donors (Lipinski definition) is 1. The van der Waals surface area contributed by atoms with Gasteiger partial charge in [0.1, 0.15) is 0 Å². The molecule has 1 nitrogen and oxygen atoms in total. The highest BCUT2D eigenvalue weighted by atomic mass is 32.1. The van der Waals surface area contributed by atoms with Crippen molar-refractivity contribution in [2.45, 2.75) is 33.7 Å². The molecule has 2 aromatic rings. The van der Waals surface area contributed by atoms with Crippen LogP contribution in [0.1, 0.15) is 35.2 Å². The van der Waals surface area contributed by atoms with Crippen molar-refractivity contribution in [3.05, 3.63) is 51.2 Å². The molecule has 0 aliphatic carbocycles. The van der Waals surface area contributed by atoms with Crippen LogP contribution in [-0.2, 0) is 0 Å². The second-order valence-corrected chi connectivity index (χ2v) is 5.48. The van der Waals surface area contributed by atoms with Crippen LogP contribution in [0.4, 0.5) is 5.69 Å². The van der Waals surface area contributed by atoms with Crippen molar-refractivity contribution in [3.8, 4) is 0 Å². The minimum absolute atomic E-state index is 0.362. The van der Waals surface area contributed by atoms with E-state index in [9.17, 15) is 0 Å². The van der Waals surface area contributed by atoms with E-state index in [0.29, 0.717) is 6.04 Å². The van der Waals surface area contributed by atoms with Crippen LogP contribution in [0.3, 0.4) is 0 Å². The summed E-state index contributed by atoms with van der Waals surface area (Å²) in [7, 11) is 0. The molecule has 1 unspecified atom stereocenters. The van der Waals surface area contributed by atoms with E-state index < -0.39 is 0 Å². The molecule has 2 heteroatoms. The first-order chi connectivity index (χ1) is 8.08. The van der Waals surface area contributed by atoms with Gasteiger partial charge >= 0.3 is 0 Å². The van der Waals surface area contributed by atoms with E-state index >= 15 is 0 Å². The van der Waals surface area contributed by atoms with Crippen molar-refractivity contribution in [2.75, 3.05) is 5.32 Å². The first kappa shape index (κ1) is 12.2. The van der Waals surface area contributed by atoms with Gasteiger partial charge in [0, 0.05) is 11.7 Å². The summed E-state index contributed by atoms with van der Waals surface area (Å²) in [6.45, 7) is 8.69. The summed E-state index contributed by atoms with van der Waals surface area (Å²) in [5.74, 6) is 0. The standard InChI is InChI=1S/C15H19NS/c1-10-7-11(2)15(12(3)8-10)16-13(4)14-5-6-17-9-14/h5-9,13,16H,1-4H3. The molecule has 0 saturated carbocycles. The minimum Gasteiger partial charge on any atom is -0.378 e. The van der Waals surface area contributed by atoms with Gasteiger partial charge < -0.3 is 5.32 Å². The fourth-order valence-electron chi connectivity index (χ4n) is 2.23. The van der Waals surface area contributed by atoms with Gasteiger partial charge in [0.15, 0.2) is 0 Å². The van der Waals surface area contributed by atoms with Crippen LogP contribution in [0, 0.1) is 20.8 Å². The molecule has 1 N–H and O–H groups in total. The van der Waals surface area contributed by atoms with Gasteiger partial charge in [-0.3, -0.25) is 0 Å². The Morgan fingerprint density at radius 2 is 1.76 bits per heavy atom. The van der Waals surface area contributed by atoms with Crippen LogP contribution < -0.4 is 5.32 Å². The Labute approximate surface area is 108 Å². The summed E-state index contributed by atoms with van der Waals surface area (Å²) in [4.78, 5) is 0. The third-order valence-electron chi connectivity index (χ3n) is 3.08. The largest absolute Gasteiger partial charge is 0.378 e. The van der Waals surface area contributed by atoms with Crippen LogP contribution in [0.25, 0.3) is 0 Å². The Morgan fingerprint density at radius 1 is 1.12 bits per heavy atom. The van der Waals surface area contributed by atoms with Gasteiger partial charge in [-0.05, 0) is 61.2 Å². The molecule has 0 spiro atoms. The molecule has 0 fully saturated rings. The molecule has 0 aliphatic heterocycles. The number of thiophene rings is 1. The van der Waals surface area contributed by atoms with Crippen molar-refractivity contribution in [2.24, 2.45) is 0 Å². The maximum atomic E-state index is 3.61. The maximum absolute atomic E-state index is 3.61. The minimum atomic E-state index is 0.362. The molecule has 0 aliphatic rings. The Balaban J connectivity index is 2.25. The predicted octanol–water partition coefficient (Wildman–Crippen LogP) is 4.85. The fraction of sp³-hybridized carbons (Fsp3) is 0.333. The van der Waals surface area contributed by atoms with Crippen molar-refractivity contribution < 1.29 is 0 Å². The lowest BCUT2D eigenvalue weighted by molar-refractivity contribution is 0.885. The van der Waals surface area contributed by atoms with Crippen LogP contribution in [0.2, 0.25) is 0 Å². The Morgan fingerprint density at radius 3 is 2.29 bits per heavy atom. The molecular formula is C15H19NS. The van der Waals surface area contributed by atoms with E-state index in [1.807, 2.05) is 0 Å². The summed E-state index contributed by atoms with van der Waals surface area (Å²) < 4.78 is 0. The van der Waals surface area contributed by atoms with Crippen molar-refractivity contribution in [1.82, 2.24) is 0 Å².